The first-order valence-corrected chi connectivity index (χ1v) is 12.0. The minimum absolute atomic E-state index is 0.0670. The molecule has 1 aromatic carbocycles. The number of hydrogen-bond acceptors (Lipinski definition) is 6. The Labute approximate surface area is 179 Å². The van der Waals surface area contributed by atoms with E-state index in [4.69, 9.17) is 14.2 Å². The van der Waals surface area contributed by atoms with E-state index in [0.29, 0.717) is 57.1 Å². The highest BCUT2D eigenvalue weighted by Crippen LogP contribution is 2.32. The van der Waals surface area contributed by atoms with Crippen LogP contribution in [0.5, 0.6) is 11.5 Å². The number of methoxy groups -OCH3 is 2. The predicted molar refractivity (Wildman–Crippen MR) is 112 cm³/mol. The zero-order valence-corrected chi connectivity index (χ0v) is 18.8. The van der Waals surface area contributed by atoms with E-state index in [1.54, 1.807) is 6.07 Å². The monoisotopic (exact) mass is 440 g/mol. The van der Waals surface area contributed by atoms with Crippen LogP contribution in [-0.2, 0) is 19.6 Å². The van der Waals surface area contributed by atoms with Crippen LogP contribution >= 0.6 is 0 Å². The first kappa shape index (κ1) is 22.8. The van der Waals surface area contributed by atoms with Crippen LogP contribution in [0.3, 0.4) is 0 Å². The van der Waals surface area contributed by atoms with Gasteiger partial charge in [0.05, 0.1) is 19.1 Å². The van der Waals surface area contributed by atoms with Gasteiger partial charge in [0, 0.05) is 50.9 Å². The lowest BCUT2D eigenvalue weighted by molar-refractivity contribution is -0.139. The second kappa shape index (κ2) is 9.98. The number of piperidine rings is 1. The van der Waals surface area contributed by atoms with Gasteiger partial charge in [-0.25, -0.2) is 8.42 Å². The molecule has 0 aliphatic carbocycles. The van der Waals surface area contributed by atoms with Crippen LogP contribution in [0.1, 0.15) is 39.0 Å². The fraction of sp³-hybridized carbons (Fsp3) is 0.667. The van der Waals surface area contributed by atoms with Gasteiger partial charge in [-0.1, -0.05) is 6.92 Å². The van der Waals surface area contributed by atoms with Gasteiger partial charge in [0.15, 0.2) is 11.5 Å². The molecule has 0 N–H and O–H groups in total. The second-order valence-corrected chi connectivity index (χ2v) is 9.59. The van der Waals surface area contributed by atoms with Gasteiger partial charge in [0.2, 0.25) is 15.9 Å². The molecule has 3 rings (SSSR count). The summed E-state index contributed by atoms with van der Waals surface area (Å²) in [5.41, 5.74) is 0. The topological polar surface area (TPSA) is 85.4 Å². The molecule has 30 heavy (non-hydrogen) atoms. The smallest absolute Gasteiger partial charge is 0.243 e. The maximum absolute atomic E-state index is 13.2. The number of hydrogen-bond donors (Lipinski definition) is 0. The zero-order chi connectivity index (χ0) is 21.7. The number of benzene rings is 1. The summed E-state index contributed by atoms with van der Waals surface area (Å²) in [6.07, 6.45) is 3.42. The van der Waals surface area contributed by atoms with Gasteiger partial charge in [0.1, 0.15) is 0 Å². The Morgan fingerprint density at radius 3 is 2.23 bits per heavy atom. The molecular weight excluding hydrogens is 408 g/mol. The molecule has 2 aliphatic rings. The molecular formula is C21H32N2O6S. The molecule has 0 aromatic heterocycles. The molecule has 2 aliphatic heterocycles. The van der Waals surface area contributed by atoms with Crippen molar-refractivity contribution in [3.63, 3.8) is 0 Å². The first-order valence-electron chi connectivity index (χ1n) is 10.5. The molecule has 2 fully saturated rings. The van der Waals surface area contributed by atoms with Gasteiger partial charge in [0.25, 0.3) is 0 Å². The molecule has 0 saturated carbocycles. The Morgan fingerprint density at radius 1 is 1.07 bits per heavy atom. The third kappa shape index (κ3) is 4.73. The van der Waals surface area contributed by atoms with Crippen molar-refractivity contribution in [1.82, 2.24) is 9.21 Å². The van der Waals surface area contributed by atoms with Crippen molar-refractivity contribution in [2.45, 2.75) is 56.0 Å². The summed E-state index contributed by atoms with van der Waals surface area (Å²) >= 11 is 0. The van der Waals surface area contributed by atoms with Gasteiger partial charge in [-0.05, 0) is 37.8 Å². The molecule has 0 unspecified atom stereocenters. The van der Waals surface area contributed by atoms with E-state index in [1.807, 2.05) is 11.8 Å². The van der Waals surface area contributed by atoms with Gasteiger partial charge >= 0.3 is 0 Å². The zero-order valence-electron chi connectivity index (χ0n) is 18.0. The van der Waals surface area contributed by atoms with Crippen LogP contribution in [0.2, 0.25) is 0 Å². The summed E-state index contributed by atoms with van der Waals surface area (Å²) in [6.45, 7) is 4.00. The molecule has 1 aromatic rings. The molecule has 9 heteroatoms. The fourth-order valence-electron chi connectivity index (χ4n) is 4.34. The summed E-state index contributed by atoms with van der Waals surface area (Å²) in [5.74, 6) is 1.01. The van der Waals surface area contributed by atoms with Gasteiger partial charge in [-0.3, -0.25) is 4.79 Å². The average molecular weight is 441 g/mol. The Bertz CT molecular complexity index is 830. The number of carbonyl (C=O) groups excluding carboxylic acids is 1. The molecule has 8 nitrogen and oxygen atoms in total. The highest BCUT2D eigenvalue weighted by atomic mass is 32.2. The van der Waals surface area contributed by atoms with Crippen molar-refractivity contribution in [3.05, 3.63) is 18.2 Å². The van der Waals surface area contributed by atoms with Crippen LogP contribution in [-0.4, -0.2) is 76.1 Å². The molecule has 0 radical (unpaired) electrons. The van der Waals surface area contributed by atoms with Gasteiger partial charge in [-0.2, -0.15) is 4.31 Å². The van der Waals surface area contributed by atoms with Crippen LogP contribution in [0.15, 0.2) is 23.1 Å². The van der Waals surface area contributed by atoms with Crippen molar-refractivity contribution in [2.75, 3.05) is 40.5 Å². The summed E-state index contributed by atoms with van der Waals surface area (Å²) in [5, 5.41) is 0. The van der Waals surface area contributed by atoms with Crippen LogP contribution in [0.25, 0.3) is 0 Å². The minimum atomic E-state index is -3.65. The van der Waals surface area contributed by atoms with Crippen molar-refractivity contribution in [1.29, 1.82) is 0 Å². The van der Waals surface area contributed by atoms with Crippen LogP contribution in [0, 0.1) is 0 Å². The van der Waals surface area contributed by atoms with Gasteiger partial charge < -0.3 is 19.1 Å². The molecule has 2 saturated heterocycles. The van der Waals surface area contributed by atoms with E-state index in [9.17, 15) is 13.2 Å². The quantitative estimate of drug-likeness (QED) is 0.647. The summed E-state index contributed by atoms with van der Waals surface area (Å²) in [6, 6.07) is 4.89. The molecule has 2 heterocycles. The number of carbonyl (C=O) groups is 1. The number of ether oxygens (including phenoxy) is 3. The Hall–Kier alpha value is -1.84. The van der Waals surface area contributed by atoms with Gasteiger partial charge in [-0.15, -0.1) is 0 Å². The Balaban J connectivity index is 1.72. The number of rotatable bonds is 7. The molecule has 168 valence electrons. The summed E-state index contributed by atoms with van der Waals surface area (Å²) in [7, 11) is -0.651. The average Bonchev–Trinajstić information content (AvgIpc) is 2.79. The van der Waals surface area contributed by atoms with E-state index < -0.39 is 10.0 Å². The lowest BCUT2D eigenvalue weighted by atomic mass is 9.98. The van der Waals surface area contributed by atoms with Crippen molar-refractivity contribution in [3.8, 4) is 11.5 Å². The first-order chi connectivity index (χ1) is 14.4. The Kier molecular flexibility index (Phi) is 7.60. The molecule has 1 amide bonds. The normalized spacial score (nSPS) is 19.4. The van der Waals surface area contributed by atoms with Crippen molar-refractivity contribution in [2.24, 2.45) is 0 Å². The number of sulfonamides is 1. The molecule has 0 atom stereocenters. The van der Waals surface area contributed by atoms with E-state index in [0.717, 1.165) is 12.8 Å². The van der Waals surface area contributed by atoms with Crippen molar-refractivity contribution >= 4 is 15.9 Å². The third-order valence-corrected chi connectivity index (χ3v) is 7.88. The van der Waals surface area contributed by atoms with Crippen LogP contribution < -0.4 is 9.47 Å². The number of amides is 1. The standard InChI is InChI=1S/C21H32N2O6S/c1-4-21(24)23(17-9-13-29-14-10-17)16-7-11-22(12-8-16)30(25,26)18-5-6-19(27-2)20(15-18)28-3/h5-6,15-17H,4,7-14H2,1-3H3. The second-order valence-electron chi connectivity index (χ2n) is 7.65. The summed E-state index contributed by atoms with van der Waals surface area (Å²) in [4.78, 5) is 14.9. The highest BCUT2D eigenvalue weighted by Gasteiger charge is 2.36. The lowest BCUT2D eigenvalue weighted by Crippen LogP contribution is -2.53. The highest BCUT2D eigenvalue weighted by molar-refractivity contribution is 7.89. The van der Waals surface area contributed by atoms with Crippen molar-refractivity contribution < 1.29 is 27.4 Å². The molecule has 0 bridgehead atoms. The largest absolute Gasteiger partial charge is 0.493 e. The summed E-state index contributed by atoms with van der Waals surface area (Å²) < 4.78 is 43.7. The minimum Gasteiger partial charge on any atom is -0.493 e. The van der Waals surface area contributed by atoms with E-state index in [-0.39, 0.29) is 22.9 Å². The fourth-order valence-corrected chi connectivity index (χ4v) is 5.82. The van der Waals surface area contributed by atoms with E-state index in [1.165, 1.54) is 30.7 Å². The Morgan fingerprint density at radius 2 is 1.67 bits per heavy atom. The van der Waals surface area contributed by atoms with E-state index >= 15 is 0 Å². The SMILES string of the molecule is CCC(=O)N(C1CCOCC1)C1CCN(S(=O)(=O)c2ccc(OC)c(OC)c2)CC1. The maximum atomic E-state index is 13.2. The maximum Gasteiger partial charge on any atom is 0.243 e. The van der Waals surface area contributed by atoms with E-state index in [2.05, 4.69) is 0 Å². The third-order valence-electron chi connectivity index (χ3n) is 5.98. The van der Waals surface area contributed by atoms with Crippen LogP contribution in [0.4, 0.5) is 0 Å². The lowest BCUT2D eigenvalue weighted by Gasteiger charge is -2.43. The predicted octanol–water partition coefficient (Wildman–Crippen LogP) is 2.27. The number of nitrogens with zero attached hydrogens (tertiary/aromatic N) is 2. The molecule has 0 spiro atoms.